The van der Waals surface area contributed by atoms with Gasteiger partial charge in [0, 0.05) is 6.42 Å². The molecule has 5 heteroatoms. The third kappa shape index (κ3) is 2.38. The number of aliphatic hydroxyl groups is 1. The first-order chi connectivity index (χ1) is 7.79. The molecular formula is C11H13N3O2. The van der Waals surface area contributed by atoms with Crippen LogP contribution in [0.15, 0.2) is 30.6 Å². The molecule has 0 saturated carbocycles. The molecule has 0 bridgehead atoms. The zero-order chi connectivity index (χ0) is 11.4. The minimum Gasteiger partial charge on any atom is -0.497 e. The monoisotopic (exact) mass is 219 g/mol. The highest BCUT2D eigenvalue weighted by Gasteiger charge is 2.11. The van der Waals surface area contributed by atoms with Gasteiger partial charge in [0.2, 0.25) is 0 Å². The first-order valence-corrected chi connectivity index (χ1v) is 4.96. The maximum Gasteiger partial charge on any atom is 0.153 e. The molecule has 2 aromatic rings. The van der Waals surface area contributed by atoms with Gasteiger partial charge in [0.1, 0.15) is 18.2 Å². The molecule has 84 valence electrons. The van der Waals surface area contributed by atoms with Crippen molar-refractivity contribution in [1.82, 2.24) is 15.2 Å². The quantitative estimate of drug-likeness (QED) is 0.807. The number of H-pyrrole nitrogens is 1. The average Bonchev–Trinajstić information content (AvgIpc) is 2.83. The van der Waals surface area contributed by atoms with E-state index in [4.69, 9.17) is 4.74 Å². The molecule has 1 aromatic carbocycles. The van der Waals surface area contributed by atoms with Crippen LogP contribution in [0.3, 0.4) is 0 Å². The summed E-state index contributed by atoms with van der Waals surface area (Å²) < 4.78 is 5.11. The fraction of sp³-hybridized carbons (Fsp3) is 0.273. The number of aromatic nitrogens is 3. The predicted molar refractivity (Wildman–Crippen MR) is 58.0 cm³/mol. The molecule has 0 saturated heterocycles. The largest absolute Gasteiger partial charge is 0.497 e. The highest BCUT2D eigenvalue weighted by Crippen LogP contribution is 2.18. The van der Waals surface area contributed by atoms with Gasteiger partial charge in [-0.2, -0.15) is 5.10 Å². The van der Waals surface area contributed by atoms with E-state index in [2.05, 4.69) is 15.2 Å². The minimum absolute atomic E-state index is 0.475. The van der Waals surface area contributed by atoms with Crippen LogP contribution in [0.25, 0.3) is 0 Å². The normalized spacial score (nSPS) is 12.4. The third-order valence-electron chi connectivity index (χ3n) is 2.31. The van der Waals surface area contributed by atoms with Gasteiger partial charge in [-0.1, -0.05) is 12.1 Å². The maximum absolute atomic E-state index is 9.85. The van der Waals surface area contributed by atoms with Gasteiger partial charge >= 0.3 is 0 Å². The number of aromatic amines is 1. The molecule has 0 fully saturated rings. The molecule has 0 aliphatic heterocycles. The zero-order valence-corrected chi connectivity index (χ0v) is 8.92. The van der Waals surface area contributed by atoms with E-state index in [-0.39, 0.29) is 0 Å². The lowest BCUT2D eigenvalue weighted by Gasteiger charge is -2.08. The summed E-state index contributed by atoms with van der Waals surface area (Å²) in [6, 6.07) is 7.58. The summed E-state index contributed by atoms with van der Waals surface area (Å²) in [5.41, 5.74) is 0.989. The fourth-order valence-electron chi connectivity index (χ4n) is 1.49. The average molecular weight is 219 g/mol. The van der Waals surface area contributed by atoms with Crippen LogP contribution in [-0.4, -0.2) is 27.4 Å². The number of ether oxygens (including phenoxy) is 1. The van der Waals surface area contributed by atoms with Crippen LogP contribution in [0, 0.1) is 0 Å². The van der Waals surface area contributed by atoms with Crippen molar-refractivity contribution in [3.05, 3.63) is 42.0 Å². The SMILES string of the molecule is COc1cccc(CC(O)c2ncn[nH]2)c1. The maximum atomic E-state index is 9.85. The van der Waals surface area contributed by atoms with Crippen LogP contribution in [0.1, 0.15) is 17.5 Å². The van der Waals surface area contributed by atoms with E-state index < -0.39 is 6.10 Å². The summed E-state index contributed by atoms with van der Waals surface area (Å²) in [6.07, 6.45) is 1.19. The number of aliphatic hydroxyl groups excluding tert-OH is 1. The zero-order valence-electron chi connectivity index (χ0n) is 8.92. The lowest BCUT2D eigenvalue weighted by molar-refractivity contribution is 0.168. The molecule has 0 radical (unpaired) electrons. The molecule has 1 atom stereocenters. The predicted octanol–water partition coefficient (Wildman–Crippen LogP) is 1.09. The van der Waals surface area contributed by atoms with E-state index >= 15 is 0 Å². The number of rotatable bonds is 4. The molecule has 16 heavy (non-hydrogen) atoms. The number of nitrogens with one attached hydrogen (secondary N) is 1. The Labute approximate surface area is 93.1 Å². The van der Waals surface area contributed by atoms with E-state index in [0.29, 0.717) is 12.2 Å². The van der Waals surface area contributed by atoms with Gasteiger partial charge < -0.3 is 9.84 Å². The molecule has 2 rings (SSSR count). The lowest BCUT2D eigenvalue weighted by Crippen LogP contribution is -2.04. The molecule has 1 heterocycles. The van der Waals surface area contributed by atoms with Gasteiger partial charge in [-0.15, -0.1) is 0 Å². The third-order valence-corrected chi connectivity index (χ3v) is 2.31. The highest BCUT2D eigenvalue weighted by molar-refractivity contribution is 5.29. The summed E-state index contributed by atoms with van der Waals surface area (Å²) in [7, 11) is 1.62. The van der Waals surface area contributed by atoms with Crippen LogP contribution in [0.4, 0.5) is 0 Å². The summed E-state index contributed by atoms with van der Waals surface area (Å²) in [4.78, 5) is 3.91. The van der Waals surface area contributed by atoms with Crippen LogP contribution in [0.5, 0.6) is 5.75 Å². The van der Waals surface area contributed by atoms with Crippen molar-refractivity contribution in [3.8, 4) is 5.75 Å². The van der Waals surface area contributed by atoms with Crippen LogP contribution in [-0.2, 0) is 6.42 Å². The summed E-state index contributed by atoms with van der Waals surface area (Å²) >= 11 is 0. The summed E-state index contributed by atoms with van der Waals surface area (Å²) in [5.74, 6) is 1.25. The van der Waals surface area contributed by atoms with Gasteiger partial charge in [0.25, 0.3) is 0 Å². The van der Waals surface area contributed by atoms with E-state index in [1.165, 1.54) is 6.33 Å². The standard InChI is InChI=1S/C11H13N3O2/c1-16-9-4-2-3-8(5-9)6-10(15)11-12-7-13-14-11/h2-5,7,10,15H,6H2,1H3,(H,12,13,14). The molecular weight excluding hydrogens is 206 g/mol. The van der Waals surface area contributed by atoms with Gasteiger partial charge in [-0.05, 0) is 17.7 Å². The summed E-state index contributed by atoms with van der Waals surface area (Å²) in [6.45, 7) is 0. The first-order valence-electron chi connectivity index (χ1n) is 4.96. The van der Waals surface area contributed by atoms with Crippen molar-refractivity contribution in [3.63, 3.8) is 0 Å². The second-order valence-electron chi connectivity index (χ2n) is 3.44. The van der Waals surface area contributed by atoms with Crippen molar-refractivity contribution in [2.75, 3.05) is 7.11 Å². The van der Waals surface area contributed by atoms with E-state index in [0.717, 1.165) is 11.3 Å². The Hall–Kier alpha value is -1.88. The highest BCUT2D eigenvalue weighted by atomic mass is 16.5. The molecule has 0 spiro atoms. The second-order valence-corrected chi connectivity index (χ2v) is 3.44. The van der Waals surface area contributed by atoms with Crippen molar-refractivity contribution in [2.45, 2.75) is 12.5 Å². The number of hydrogen-bond donors (Lipinski definition) is 2. The van der Waals surface area contributed by atoms with Crippen molar-refractivity contribution in [1.29, 1.82) is 0 Å². The lowest BCUT2D eigenvalue weighted by atomic mass is 10.1. The molecule has 0 aliphatic rings. The first kappa shape index (κ1) is 10.6. The Morgan fingerprint density at radius 3 is 3.06 bits per heavy atom. The Morgan fingerprint density at radius 2 is 2.38 bits per heavy atom. The number of methoxy groups -OCH3 is 1. The topological polar surface area (TPSA) is 71.0 Å². The molecule has 1 aromatic heterocycles. The molecule has 1 unspecified atom stereocenters. The Morgan fingerprint density at radius 1 is 1.50 bits per heavy atom. The smallest absolute Gasteiger partial charge is 0.153 e. The second kappa shape index (κ2) is 4.76. The van der Waals surface area contributed by atoms with Crippen molar-refractivity contribution in [2.24, 2.45) is 0 Å². The van der Waals surface area contributed by atoms with Gasteiger partial charge in [0.05, 0.1) is 7.11 Å². The van der Waals surface area contributed by atoms with Gasteiger partial charge in [0.15, 0.2) is 5.82 Å². The number of benzene rings is 1. The van der Waals surface area contributed by atoms with Crippen LogP contribution < -0.4 is 4.74 Å². The van der Waals surface area contributed by atoms with Crippen molar-refractivity contribution < 1.29 is 9.84 Å². The van der Waals surface area contributed by atoms with Gasteiger partial charge in [-0.25, -0.2) is 4.98 Å². The molecule has 0 aliphatic carbocycles. The Bertz CT molecular complexity index is 442. The summed E-state index contributed by atoms with van der Waals surface area (Å²) in [5, 5.41) is 16.2. The molecule has 0 amide bonds. The van der Waals surface area contributed by atoms with E-state index in [9.17, 15) is 5.11 Å². The Kier molecular flexibility index (Phi) is 3.16. The molecule has 5 nitrogen and oxygen atoms in total. The Balaban J connectivity index is 2.08. The number of hydrogen-bond acceptors (Lipinski definition) is 4. The van der Waals surface area contributed by atoms with Crippen LogP contribution in [0.2, 0.25) is 0 Å². The van der Waals surface area contributed by atoms with E-state index in [1.54, 1.807) is 7.11 Å². The van der Waals surface area contributed by atoms with Crippen molar-refractivity contribution >= 4 is 0 Å². The fourth-order valence-corrected chi connectivity index (χ4v) is 1.49. The van der Waals surface area contributed by atoms with Crippen LogP contribution >= 0.6 is 0 Å². The van der Waals surface area contributed by atoms with E-state index in [1.807, 2.05) is 24.3 Å². The minimum atomic E-state index is -0.672. The molecule has 2 N–H and O–H groups in total. The number of nitrogens with zero attached hydrogens (tertiary/aromatic N) is 2. The van der Waals surface area contributed by atoms with Gasteiger partial charge in [-0.3, -0.25) is 5.10 Å².